The Bertz CT molecular complexity index is 850. The van der Waals surface area contributed by atoms with Gasteiger partial charge >= 0.3 is 11.9 Å². The van der Waals surface area contributed by atoms with E-state index >= 15 is 0 Å². The van der Waals surface area contributed by atoms with E-state index < -0.39 is 11.9 Å². The van der Waals surface area contributed by atoms with Gasteiger partial charge in [0.1, 0.15) is 17.1 Å². The van der Waals surface area contributed by atoms with Gasteiger partial charge in [0, 0.05) is 5.56 Å². The molecule has 2 aromatic carbocycles. The first kappa shape index (κ1) is 19.7. The molecule has 1 fully saturated rings. The molecule has 0 unspecified atom stereocenters. The summed E-state index contributed by atoms with van der Waals surface area (Å²) in [6.45, 7) is 0. The zero-order valence-electron chi connectivity index (χ0n) is 16.3. The number of carbonyl (C=O) groups is 2. The minimum atomic E-state index is -0.635. The van der Waals surface area contributed by atoms with Crippen LogP contribution in [0.1, 0.15) is 46.4 Å². The second-order valence-electron chi connectivity index (χ2n) is 6.60. The molecule has 2 aromatic rings. The number of ether oxygens (including phenoxy) is 4. The molecule has 0 N–H and O–H groups in total. The summed E-state index contributed by atoms with van der Waals surface area (Å²) in [6, 6.07) is 10.8. The van der Waals surface area contributed by atoms with Gasteiger partial charge in [0.25, 0.3) is 0 Å². The normalized spacial score (nSPS) is 13.8. The second kappa shape index (κ2) is 8.78. The molecule has 1 saturated carbocycles. The third kappa shape index (κ3) is 3.96. The first-order valence-electron chi connectivity index (χ1n) is 9.23. The lowest BCUT2D eigenvalue weighted by Crippen LogP contribution is -2.18. The highest BCUT2D eigenvalue weighted by Crippen LogP contribution is 2.39. The third-order valence-electron chi connectivity index (χ3n) is 4.94. The van der Waals surface area contributed by atoms with Gasteiger partial charge in [-0.1, -0.05) is 12.1 Å². The molecule has 0 heterocycles. The van der Waals surface area contributed by atoms with Crippen LogP contribution in [0.3, 0.4) is 0 Å². The SMILES string of the molecule is COC(=O)c1ccc(-c2ccc(OC)cc2)c(OC2CCCC2)c1C(=O)OC. The van der Waals surface area contributed by atoms with E-state index in [1.807, 2.05) is 24.3 Å². The smallest absolute Gasteiger partial charge is 0.342 e. The van der Waals surface area contributed by atoms with Crippen molar-refractivity contribution in [3.63, 3.8) is 0 Å². The first-order valence-corrected chi connectivity index (χ1v) is 9.23. The Morgan fingerprint density at radius 3 is 2.07 bits per heavy atom. The van der Waals surface area contributed by atoms with Crippen molar-refractivity contribution in [1.29, 1.82) is 0 Å². The summed E-state index contributed by atoms with van der Waals surface area (Å²) < 4.78 is 21.3. The van der Waals surface area contributed by atoms with Crippen LogP contribution in [-0.2, 0) is 9.47 Å². The Kier molecular flexibility index (Phi) is 6.19. The molecule has 1 aliphatic carbocycles. The summed E-state index contributed by atoms with van der Waals surface area (Å²) in [7, 11) is 4.16. The van der Waals surface area contributed by atoms with Crippen LogP contribution >= 0.6 is 0 Å². The van der Waals surface area contributed by atoms with Crippen molar-refractivity contribution in [2.24, 2.45) is 0 Å². The van der Waals surface area contributed by atoms with Gasteiger partial charge in [-0.3, -0.25) is 0 Å². The molecule has 0 radical (unpaired) electrons. The van der Waals surface area contributed by atoms with Crippen molar-refractivity contribution in [2.45, 2.75) is 31.8 Å². The maximum Gasteiger partial charge on any atom is 0.342 e. The highest BCUT2D eigenvalue weighted by atomic mass is 16.5. The van der Waals surface area contributed by atoms with E-state index in [-0.39, 0.29) is 17.2 Å². The van der Waals surface area contributed by atoms with E-state index in [2.05, 4.69) is 0 Å². The minimum Gasteiger partial charge on any atom is -0.497 e. The lowest BCUT2D eigenvalue weighted by Gasteiger charge is -2.21. The van der Waals surface area contributed by atoms with Gasteiger partial charge in [-0.15, -0.1) is 0 Å². The highest BCUT2D eigenvalue weighted by molar-refractivity contribution is 6.07. The summed E-state index contributed by atoms with van der Waals surface area (Å²) in [5.74, 6) is -0.171. The fourth-order valence-electron chi connectivity index (χ4n) is 3.46. The number of benzene rings is 2. The van der Waals surface area contributed by atoms with Crippen LogP contribution in [0.25, 0.3) is 11.1 Å². The average Bonchev–Trinajstić information content (AvgIpc) is 3.25. The molecule has 0 atom stereocenters. The summed E-state index contributed by atoms with van der Waals surface area (Å²) in [5, 5.41) is 0. The molecule has 1 aliphatic rings. The maximum absolute atomic E-state index is 12.6. The van der Waals surface area contributed by atoms with Crippen molar-refractivity contribution >= 4 is 11.9 Å². The van der Waals surface area contributed by atoms with Gasteiger partial charge < -0.3 is 18.9 Å². The number of hydrogen-bond acceptors (Lipinski definition) is 6. The lowest BCUT2D eigenvalue weighted by molar-refractivity contribution is 0.0549. The number of methoxy groups -OCH3 is 3. The van der Waals surface area contributed by atoms with Gasteiger partial charge in [-0.2, -0.15) is 0 Å². The van der Waals surface area contributed by atoms with Crippen molar-refractivity contribution in [1.82, 2.24) is 0 Å². The van der Waals surface area contributed by atoms with E-state index in [1.54, 1.807) is 19.2 Å². The van der Waals surface area contributed by atoms with Crippen molar-refractivity contribution < 1.29 is 28.5 Å². The van der Waals surface area contributed by atoms with Crippen LogP contribution in [0.5, 0.6) is 11.5 Å². The van der Waals surface area contributed by atoms with E-state index in [0.717, 1.165) is 37.0 Å². The van der Waals surface area contributed by atoms with Gasteiger partial charge in [-0.25, -0.2) is 9.59 Å². The Labute approximate surface area is 164 Å². The van der Waals surface area contributed by atoms with Crippen LogP contribution in [0.15, 0.2) is 36.4 Å². The molecule has 0 saturated heterocycles. The predicted octanol–water partition coefficient (Wildman–Crippen LogP) is 4.26. The van der Waals surface area contributed by atoms with Gasteiger partial charge in [0.05, 0.1) is 33.0 Å². The monoisotopic (exact) mass is 384 g/mol. The van der Waals surface area contributed by atoms with Crippen LogP contribution in [-0.4, -0.2) is 39.4 Å². The Hall–Kier alpha value is -3.02. The van der Waals surface area contributed by atoms with Crippen molar-refractivity contribution in [3.8, 4) is 22.6 Å². The van der Waals surface area contributed by atoms with Gasteiger partial charge in [-0.05, 0) is 55.5 Å². The fraction of sp³-hybridized carbons (Fsp3) is 0.364. The van der Waals surface area contributed by atoms with E-state index in [9.17, 15) is 9.59 Å². The molecular formula is C22H24O6. The Morgan fingerprint density at radius 2 is 1.50 bits per heavy atom. The molecule has 6 nitrogen and oxygen atoms in total. The topological polar surface area (TPSA) is 71.1 Å². The standard InChI is InChI=1S/C22H24O6/c1-25-15-10-8-14(9-11-15)17-12-13-18(21(23)26-2)19(22(24)27-3)20(17)28-16-6-4-5-7-16/h8-13,16H,4-7H2,1-3H3. The highest BCUT2D eigenvalue weighted by Gasteiger charge is 2.29. The van der Waals surface area contributed by atoms with Crippen LogP contribution in [0, 0.1) is 0 Å². The van der Waals surface area contributed by atoms with Crippen LogP contribution in [0.2, 0.25) is 0 Å². The number of rotatable bonds is 6. The molecule has 28 heavy (non-hydrogen) atoms. The summed E-state index contributed by atoms with van der Waals surface area (Å²) in [5.41, 5.74) is 1.77. The number of esters is 2. The fourth-order valence-corrected chi connectivity index (χ4v) is 3.46. The number of carbonyl (C=O) groups excluding carboxylic acids is 2. The minimum absolute atomic E-state index is 0.00620. The molecule has 0 amide bonds. The van der Waals surface area contributed by atoms with E-state index in [1.165, 1.54) is 14.2 Å². The van der Waals surface area contributed by atoms with Crippen LogP contribution < -0.4 is 9.47 Å². The third-order valence-corrected chi connectivity index (χ3v) is 4.94. The molecule has 148 valence electrons. The zero-order valence-corrected chi connectivity index (χ0v) is 16.3. The molecule has 6 heteroatoms. The second-order valence-corrected chi connectivity index (χ2v) is 6.60. The Morgan fingerprint density at radius 1 is 0.857 bits per heavy atom. The molecular weight excluding hydrogens is 360 g/mol. The number of hydrogen-bond donors (Lipinski definition) is 0. The van der Waals surface area contributed by atoms with Crippen molar-refractivity contribution in [2.75, 3.05) is 21.3 Å². The predicted molar refractivity (Wildman–Crippen MR) is 104 cm³/mol. The molecule has 0 spiro atoms. The summed E-state index contributed by atoms with van der Waals surface area (Å²) in [4.78, 5) is 24.9. The quantitative estimate of drug-likeness (QED) is 0.693. The summed E-state index contributed by atoms with van der Waals surface area (Å²) >= 11 is 0. The van der Waals surface area contributed by atoms with Crippen molar-refractivity contribution in [3.05, 3.63) is 47.5 Å². The summed E-state index contributed by atoms with van der Waals surface area (Å²) in [6.07, 6.45) is 3.96. The van der Waals surface area contributed by atoms with E-state index in [4.69, 9.17) is 18.9 Å². The largest absolute Gasteiger partial charge is 0.497 e. The molecule has 3 rings (SSSR count). The van der Waals surface area contributed by atoms with Gasteiger partial charge in [0.15, 0.2) is 0 Å². The maximum atomic E-state index is 12.6. The van der Waals surface area contributed by atoms with E-state index in [0.29, 0.717) is 11.3 Å². The first-order chi connectivity index (χ1) is 13.6. The Balaban J connectivity index is 2.18. The molecule has 0 aromatic heterocycles. The molecule has 0 bridgehead atoms. The molecule has 0 aliphatic heterocycles. The average molecular weight is 384 g/mol. The zero-order chi connectivity index (χ0) is 20.1. The van der Waals surface area contributed by atoms with Crippen LogP contribution in [0.4, 0.5) is 0 Å². The van der Waals surface area contributed by atoms with Gasteiger partial charge in [0.2, 0.25) is 0 Å². The lowest BCUT2D eigenvalue weighted by atomic mass is 9.96.